The zero-order valence-corrected chi connectivity index (χ0v) is 18.4. The maximum Gasteiger partial charge on any atom is 0.293 e. The summed E-state index contributed by atoms with van der Waals surface area (Å²) in [5, 5.41) is 18.9. The number of nitrogens with one attached hydrogen (secondary N) is 1. The Morgan fingerprint density at radius 1 is 1.06 bits per heavy atom. The van der Waals surface area contributed by atoms with Crippen molar-refractivity contribution in [2.24, 2.45) is 0 Å². The summed E-state index contributed by atoms with van der Waals surface area (Å²) in [6, 6.07) is 13.8. The maximum atomic E-state index is 12.9. The summed E-state index contributed by atoms with van der Waals surface area (Å²) in [6.45, 7) is 1.38. The second-order valence-corrected chi connectivity index (χ2v) is 9.63. The molecule has 0 spiro atoms. The quantitative estimate of drug-likeness (QED) is 0.410. The van der Waals surface area contributed by atoms with E-state index >= 15 is 0 Å². The molecule has 2 heterocycles. The molecule has 1 fully saturated rings. The molecule has 9 nitrogen and oxygen atoms in total. The highest BCUT2D eigenvalue weighted by molar-refractivity contribution is 7.89. The second-order valence-electron chi connectivity index (χ2n) is 7.69. The fourth-order valence-electron chi connectivity index (χ4n) is 3.81. The highest BCUT2D eigenvalue weighted by Crippen LogP contribution is 2.30. The molecule has 0 aliphatic carbocycles. The number of hydrogen-bond acceptors (Lipinski definition) is 6. The fraction of sp³-hybridized carbons (Fsp3) is 0.318. The van der Waals surface area contributed by atoms with Gasteiger partial charge in [0.25, 0.3) is 5.69 Å². The number of hydrogen-bond donors (Lipinski definition) is 1. The summed E-state index contributed by atoms with van der Waals surface area (Å²) in [4.78, 5) is 11.0. The van der Waals surface area contributed by atoms with E-state index in [4.69, 9.17) is 0 Å². The molecule has 10 heteroatoms. The molecule has 32 heavy (non-hydrogen) atoms. The van der Waals surface area contributed by atoms with Gasteiger partial charge in [0, 0.05) is 38.1 Å². The van der Waals surface area contributed by atoms with Crippen molar-refractivity contribution in [3.63, 3.8) is 0 Å². The van der Waals surface area contributed by atoms with Crippen molar-refractivity contribution in [1.29, 1.82) is 0 Å². The van der Waals surface area contributed by atoms with Gasteiger partial charge in [0.05, 0.1) is 15.5 Å². The van der Waals surface area contributed by atoms with Crippen molar-refractivity contribution in [3.05, 3.63) is 76.6 Å². The van der Waals surface area contributed by atoms with Crippen LogP contribution in [-0.4, -0.2) is 47.1 Å². The van der Waals surface area contributed by atoms with Gasteiger partial charge in [-0.1, -0.05) is 18.6 Å². The van der Waals surface area contributed by atoms with Crippen molar-refractivity contribution in [1.82, 2.24) is 14.1 Å². The van der Waals surface area contributed by atoms with Gasteiger partial charge in [0.1, 0.15) is 5.69 Å². The van der Waals surface area contributed by atoms with E-state index in [1.807, 2.05) is 36.5 Å². The number of nitrogens with zero attached hydrogens (tertiary/aromatic N) is 4. The molecule has 3 aromatic rings. The molecular formula is C22H25N5O4S. The number of aromatic nitrogens is 2. The van der Waals surface area contributed by atoms with Crippen LogP contribution in [0.4, 0.5) is 11.4 Å². The number of rotatable bonds is 8. The van der Waals surface area contributed by atoms with Crippen LogP contribution in [0.25, 0.3) is 5.69 Å². The molecule has 0 saturated carbocycles. The van der Waals surface area contributed by atoms with Crippen LogP contribution in [0.1, 0.15) is 24.8 Å². The molecule has 1 saturated heterocycles. The Morgan fingerprint density at radius 3 is 2.47 bits per heavy atom. The third-order valence-corrected chi connectivity index (χ3v) is 7.45. The molecule has 1 aliphatic heterocycles. The number of anilines is 1. The number of benzene rings is 2. The number of piperidine rings is 1. The van der Waals surface area contributed by atoms with Gasteiger partial charge in [-0.2, -0.15) is 9.40 Å². The van der Waals surface area contributed by atoms with Crippen LogP contribution in [0, 0.1) is 10.1 Å². The molecule has 1 aliphatic rings. The third-order valence-electron chi connectivity index (χ3n) is 5.55. The third kappa shape index (κ3) is 4.81. The van der Waals surface area contributed by atoms with Crippen molar-refractivity contribution in [2.45, 2.75) is 30.6 Å². The zero-order chi connectivity index (χ0) is 22.6. The molecule has 2 aromatic carbocycles. The Bertz CT molecular complexity index is 1170. The van der Waals surface area contributed by atoms with E-state index in [2.05, 4.69) is 10.4 Å². The average molecular weight is 456 g/mol. The highest BCUT2D eigenvalue weighted by atomic mass is 32.2. The normalized spacial score (nSPS) is 14.9. The number of sulfonamides is 1. The molecule has 0 atom stereocenters. The van der Waals surface area contributed by atoms with Crippen LogP contribution in [0.2, 0.25) is 0 Å². The zero-order valence-electron chi connectivity index (χ0n) is 17.6. The smallest absolute Gasteiger partial charge is 0.293 e. The predicted octanol–water partition coefficient (Wildman–Crippen LogP) is 3.61. The second kappa shape index (κ2) is 9.49. The van der Waals surface area contributed by atoms with E-state index < -0.39 is 14.9 Å². The van der Waals surface area contributed by atoms with Crippen molar-refractivity contribution in [3.8, 4) is 5.69 Å². The molecular weight excluding hydrogens is 430 g/mol. The Labute approximate surface area is 186 Å². The first-order valence-corrected chi connectivity index (χ1v) is 12.0. The first-order chi connectivity index (χ1) is 15.4. The summed E-state index contributed by atoms with van der Waals surface area (Å²) in [5.74, 6) is 0. The van der Waals surface area contributed by atoms with Gasteiger partial charge in [-0.25, -0.2) is 13.1 Å². The lowest BCUT2D eigenvalue weighted by Crippen LogP contribution is -2.35. The van der Waals surface area contributed by atoms with E-state index in [-0.39, 0.29) is 10.6 Å². The molecule has 4 rings (SSSR count). The summed E-state index contributed by atoms with van der Waals surface area (Å²) < 4.78 is 28.9. The van der Waals surface area contributed by atoms with Crippen LogP contribution in [0.5, 0.6) is 0 Å². The van der Waals surface area contributed by atoms with Gasteiger partial charge in [-0.05, 0) is 55.2 Å². The minimum Gasteiger partial charge on any atom is -0.379 e. The lowest BCUT2D eigenvalue weighted by molar-refractivity contribution is -0.384. The Balaban J connectivity index is 1.44. The summed E-state index contributed by atoms with van der Waals surface area (Å²) in [5.41, 5.74) is 2.09. The summed E-state index contributed by atoms with van der Waals surface area (Å²) >= 11 is 0. The first-order valence-electron chi connectivity index (χ1n) is 10.6. The molecule has 1 aromatic heterocycles. The van der Waals surface area contributed by atoms with Crippen molar-refractivity contribution in [2.75, 3.05) is 25.0 Å². The molecule has 0 amide bonds. The molecule has 0 radical (unpaired) electrons. The molecule has 0 bridgehead atoms. The Hall–Kier alpha value is -3.24. The largest absolute Gasteiger partial charge is 0.379 e. The minimum absolute atomic E-state index is 0.0362. The van der Waals surface area contributed by atoms with Crippen molar-refractivity contribution < 1.29 is 13.3 Å². The van der Waals surface area contributed by atoms with Crippen LogP contribution in [-0.2, 0) is 16.4 Å². The lowest BCUT2D eigenvalue weighted by Gasteiger charge is -2.25. The highest BCUT2D eigenvalue weighted by Gasteiger charge is 2.28. The first kappa shape index (κ1) is 22.0. The summed E-state index contributed by atoms with van der Waals surface area (Å²) in [6.07, 6.45) is 6.86. The monoisotopic (exact) mass is 455 g/mol. The van der Waals surface area contributed by atoms with E-state index in [0.29, 0.717) is 31.7 Å². The van der Waals surface area contributed by atoms with E-state index in [0.717, 1.165) is 36.6 Å². The van der Waals surface area contributed by atoms with E-state index in [9.17, 15) is 18.5 Å². The van der Waals surface area contributed by atoms with Gasteiger partial charge < -0.3 is 5.32 Å². The number of nitro benzene ring substituents is 1. The minimum atomic E-state index is -3.73. The Kier molecular flexibility index (Phi) is 6.52. The van der Waals surface area contributed by atoms with Gasteiger partial charge in [-0.3, -0.25) is 10.1 Å². The predicted molar refractivity (Wildman–Crippen MR) is 121 cm³/mol. The maximum absolute atomic E-state index is 12.9. The molecule has 0 unspecified atom stereocenters. The van der Waals surface area contributed by atoms with Crippen LogP contribution in [0.3, 0.4) is 0 Å². The SMILES string of the molecule is O=[N+]([O-])c1cc(S(=O)(=O)N2CCCCC2)ccc1NCCc1ccc(-n2cccn2)cc1. The lowest BCUT2D eigenvalue weighted by atomic mass is 10.1. The molecule has 1 N–H and O–H groups in total. The van der Waals surface area contributed by atoms with Gasteiger partial charge >= 0.3 is 0 Å². The Morgan fingerprint density at radius 2 is 1.81 bits per heavy atom. The van der Waals surface area contributed by atoms with Gasteiger partial charge in [0.2, 0.25) is 10.0 Å². The van der Waals surface area contributed by atoms with Crippen LogP contribution in [0.15, 0.2) is 65.8 Å². The average Bonchev–Trinajstić information content (AvgIpc) is 3.35. The fourth-order valence-corrected chi connectivity index (χ4v) is 5.34. The van der Waals surface area contributed by atoms with E-state index in [1.165, 1.54) is 16.4 Å². The molecule has 168 valence electrons. The standard InChI is InChI=1S/C22H25N5O4S/c28-27(29)22-17-20(32(30,31)25-14-2-1-3-15-25)9-10-21(22)23-13-11-18-5-7-19(8-6-18)26-16-4-12-24-26/h4-10,12,16-17,23H,1-3,11,13-15H2. The van der Waals surface area contributed by atoms with Gasteiger partial charge in [-0.15, -0.1) is 0 Å². The van der Waals surface area contributed by atoms with Gasteiger partial charge in [0.15, 0.2) is 0 Å². The van der Waals surface area contributed by atoms with Crippen molar-refractivity contribution >= 4 is 21.4 Å². The van der Waals surface area contributed by atoms with Crippen LogP contribution >= 0.6 is 0 Å². The van der Waals surface area contributed by atoms with Crippen LogP contribution < -0.4 is 5.32 Å². The topological polar surface area (TPSA) is 110 Å². The summed E-state index contributed by atoms with van der Waals surface area (Å²) in [7, 11) is -3.73. The number of nitro groups is 1. The van der Waals surface area contributed by atoms with E-state index in [1.54, 1.807) is 10.9 Å².